The fourth-order valence-corrected chi connectivity index (χ4v) is 5.01. The number of H-pyrrole nitrogens is 1. The fraction of sp³-hybridized carbons (Fsp3) is 0.214. The van der Waals surface area contributed by atoms with E-state index < -0.39 is 5.82 Å². The van der Waals surface area contributed by atoms with Crippen LogP contribution in [0.15, 0.2) is 67.4 Å². The highest BCUT2D eigenvalue weighted by molar-refractivity contribution is 6.03. The molecule has 0 bridgehead atoms. The summed E-state index contributed by atoms with van der Waals surface area (Å²) in [5.74, 6) is -0.647. The lowest BCUT2D eigenvalue weighted by atomic mass is 10.00. The van der Waals surface area contributed by atoms with E-state index in [-0.39, 0.29) is 11.9 Å². The van der Waals surface area contributed by atoms with E-state index >= 15 is 4.39 Å². The van der Waals surface area contributed by atoms with E-state index in [1.165, 1.54) is 12.3 Å². The van der Waals surface area contributed by atoms with Crippen LogP contribution in [0.4, 0.5) is 10.1 Å². The molecule has 1 saturated heterocycles. The minimum Gasteiger partial charge on any atom is -0.369 e. The van der Waals surface area contributed by atoms with Gasteiger partial charge in [0.2, 0.25) is 0 Å². The van der Waals surface area contributed by atoms with Gasteiger partial charge < -0.3 is 20.9 Å². The number of nitrogens with zero attached hydrogens (tertiary/aromatic N) is 4. The number of carbonyl (C=O) groups excluding carboxylic acids is 1. The first-order chi connectivity index (χ1) is 18.1. The minimum absolute atomic E-state index is 0.0902. The summed E-state index contributed by atoms with van der Waals surface area (Å²) in [6.07, 6.45) is 10.3. The number of aromatic amines is 1. The molecule has 1 amide bonds. The predicted molar refractivity (Wildman–Crippen MR) is 142 cm³/mol. The number of nitrogens with two attached hydrogens (primary N) is 1. The van der Waals surface area contributed by atoms with Gasteiger partial charge in [-0.1, -0.05) is 6.07 Å². The molecule has 6 rings (SSSR count). The molecule has 1 aliphatic heterocycles. The molecule has 0 spiro atoms. The van der Waals surface area contributed by atoms with Gasteiger partial charge in [-0.25, -0.2) is 9.37 Å². The lowest BCUT2D eigenvalue weighted by Gasteiger charge is -2.33. The lowest BCUT2D eigenvalue weighted by molar-refractivity contribution is 0.0950. The second kappa shape index (κ2) is 9.59. The molecule has 0 aliphatic carbocycles. The van der Waals surface area contributed by atoms with Crippen LogP contribution in [0.2, 0.25) is 0 Å². The van der Waals surface area contributed by atoms with Gasteiger partial charge in [-0.05, 0) is 54.3 Å². The zero-order valence-corrected chi connectivity index (χ0v) is 20.1. The zero-order chi connectivity index (χ0) is 25.4. The van der Waals surface area contributed by atoms with Gasteiger partial charge in [0, 0.05) is 78.7 Å². The smallest absolute Gasteiger partial charge is 0.253 e. The first kappa shape index (κ1) is 23.1. The molecule has 8 nitrogen and oxygen atoms in total. The van der Waals surface area contributed by atoms with Crippen molar-refractivity contribution in [1.82, 2.24) is 25.3 Å². The van der Waals surface area contributed by atoms with E-state index in [2.05, 4.69) is 30.2 Å². The maximum atomic E-state index is 15.3. The molecule has 1 aromatic carbocycles. The Kier molecular flexibility index (Phi) is 5.97. The van der Waals surface area contributed by atoms with Gasteiger partial charge in [0.05, 0.1) is 5.56 Å². The Hall–Kier alpha value is -4.37. The summed E-state index contributed by atoms with van der Waals surface area (Å²) in [6.45, 7) is 1.95. The quantitative estimate of drug-likeness (QED) is 0.337. The normalized spacial score (nSPS) is 15.8. The van der Waals surface area contributed by atoms with Crippen LogP contribution < -0.4 is 16.0 Å². The van der Waals surface area contributed by atoms with Gasteiger partial charge in [-0.2, -0.15) is 0 Å². The van der Waals surface area contributed by atoms with E-state index in [0.29, 0.717) is 28.8 Å². The van der Waals surface area contributed by atoms with E-state index in [9.17, 15) is 4.79 Å². The Bertz CT molecular complexity index is 1600. The number of rotatable bonds is 5. The molecular formula is C28H26FN7O. The topological polar surface area (TPSA) is 113 Å². The van der Waals surface area contributed by atoms with Crippen LogP contribution in [0.1, 0.15) is 28.8 Å². The first-order valence-corrected chi connectivity index (χ1v) is 12.3. The summed E-state index contributed by atoms with van der Waals surface area (Å²) in [5.41, 5.74) is 10.9. The molecule has 1 aliphatic rings. The second-order valence-electron chi connectivity index (χ2n) is 9.40. The summed E-state index contributed by atoms with van der Waals surface area (Å²) in [7, 11) is 0. The average Bonchev–Trinajstić information content (AvgIpc) is 3.35. The Morgan fingerprint density at radius 2 is 2.08 bits per heavy atom. The number of aromatic nitrogens is 4. The van der Waals surface area contributed by atoms with Gasteiger partial charge >= 0.3 is 0 Å². The Labute approximate surface area is 212 Å². The van der Waals surface area contributed by atoms with Crippen molar-refractivity contribution < 1.29 is 9.18 Å². The number of hydrogen-bond donors (Lipinski definition) is 3. The number of carbonyl (C=O) groups is 1. The van der Waals surface area contributed by atoms with Crippen molar-refractivity contribution in [3.8, 4) is 11.1 Å². The van der Waals surface area contributed by atoms with Gasteiger partial charge in [0.1, 0.15) is 17.0 Å². The third kappa shape index (κ3) is 4.49. The summed E-state index contributed by atoms with van der Waals surface area (Å²) in [4.78, 5) is 31.0. The van der Waals surface area contributed by atoms with Crippen molar-refractivity contribution >= 4 is 33.5 Å². The summed E-state index contributed by atoms with van der Waals surface area (Å²) < 4.78 is 15.3. The van der Waals surface area contributed by atoms with Crippen LogP contribution >= 0.6 is 0 Å². The number of hydrogen-bond acceptors (Lipinski definition) is 6. The second-order valence-corrected chi connectivity index (χ2v) is 9.40. The van der Waals surface area contributed by atoms with E-state index in [1.807, 2.05) is 24.3 Å². The molecule has 4 N–H and O–H groups in total. The number of pyridine rings is 3. The molecule has 0 radical (unpaired) electrons. The highest BCUT2D eigenvalue weighted by Gasteiger charge is 2.21. The van der Waals surface area contributed by atoms with Crippen LogP contribution in [-0.2, 0) is 6.54 Å². The largest absolute Gasteiger partial charge is 0.369 e. The molecule has 186 valence electrons. The molecular weight excluding hydrogens is 469 g/mol. The Morgan fingerprint density at radius 3 is 2.92 bits per heavy atom. The fourth-order valence-electron chi connectivity index (χ4n) is 5.01. The van der Waals surface area contributed by atoms with Gasteiger partial charge in [-0.3, -0.25) is 14.8 Å². The van der Waals surface area contributed by atoms with Gasteiger partial charge in [-0.15, -0.1) is 0 Å². The van der Waals surface area contributed by atoms with E-state index in [4.69, 9.17) is 5.73 Å². The molecule has 0 unspecified atom stereocenters. The van der Waals surface area contributed by atoms with Crippen molar-refractivity contribution in [1.29, 1.82) is 0 Å². The molecule has 1 fully saturated rings. The third-order valence-electron chi connectivity index (χ3n) is 6.85. The molecule has 9 heteroatoms. The van der Waals surface area contributed by atoms with Gasteiger partial charge in [0.25, 0.3) is 5.91 Å². The van der Waals surface area contributed by atoms with Crippen molar-refractivity contribution in [2.45, 2.75) is 25.4 Å². The molecule has 4 aromatic heterocycles. The Morgan fingerprint density at radius 1 is 1.16 bits per heavy atom. The summed E-state index contributed by atoms with van der Waals surface area (Å²) >= 11 is 0. The van der Waals surface area contributed by atoms with Crippen molar-refractivity contribution in [3.63, 3.8) is 0 Å². The zero-order valence-electron chi connectivity index (χ0n) is 20.1. The highest BCUT2D eigenvalue weighted by atomic mass is 19.1. The standard InChI is InChI=1S/C28H26FN7O/c29-24-11-18(9-22-25(5-7-32-26(22)24)36-8-2-4-20(30)16-36)23-15-34-27-21(23)10-19(14-33-27)28(37)35-13-17-3-1-6-31-12-17/h1,3,5-7,9-12,14-15,20H,2,4,8,13,16,30H2,(H,33,34)(H,35,37)/t20-/m1/s1. The van der Waals surface area contributed by atoms with Crippen LogP contribution in [-0.4, -0.2) is 45.0 Å². The molecule has 37 heavy (non-hydrogen) atoms. The Balaban J connectivity index is 1.37. The molecule has 0 saturated carbocycles. The summed E-state index contributed by atoms with van der Waals surface area (Å²) in [6, 6.07) is 11.0. The van der Waals surface area contributed by atoms with Crippen molar-refractivity contribution in [3.05, 3.63) is 84.3 Å². The minimum atomic E-state index is -0.400. The number of anilines is 1. The van der Waals surface area contributed by atoms with Crippen molar-refractivity contribution in [2.24, 2.45) is 5.73 Å². The van der Waals surface area contributed by atoms with Crippen molar-refractivity contribution in [2.75, 3.05) is 18.0 Å². The number of nitrogens with one attached hydrogen (secondary N) is 2. The number of halogens is 1. The number of amides is 1. The number of benzene rings is 1. The monoisotopic (exact) mass is 495 g/mol. The number of piperidine rings is 1. The maximum absolute atomic E-state index is 15.3. The molecule has 5 aromatic rings. The maximum Gasteiger partial charge on any atom is 0.253 e. The lowest BCUT2D eigenvalue weighted by Crippen LogP contribution is -2.42. The SMILES string of the molecule is N[C@@H]1CCCN(c2ccnc3c(F)cc(-c4c[nH]c5ncc(C(=O)NCc6cccnc6)cc45)cc23)C1. The average molecular weight is 496 g/mol. The van der Waals surface area contributed by atoms with Crippen LogP contribution in [0.25, 0.3) is 33.1 Å². The third-order valence-corrected chi connectivity index (χ3v) is 6.85. The predicted octanol–water partition coefficient (Wildman–Crippen LogP) is 4.17. The van der Waals surface area contributed by atoms with E-state index in [1.54, 1.807) is 30.9 Å². The number of fused-ring (bicyclic) bond motifs is 2. The highest BCUT2D eigenvalue weighted by Crippen LogP contribution is 2.35. The first-order valence-electron chi connectivity index (χ1n) is 12.3. The van der Waals surface area contributed by atoms with Crippen LogP contribution in [0.3, 0.4) is 0 Å². The van der Waals surface area contributed by atoms with Crippen LogP contribution in [0.5, 0.6) is 0 Å². The van der Waals surface area contributed by atoms with Gasteiger partial charge in [0.15, 0.2) is 0 Å². The van der Waals surface area contributed by atoms with E-state index in [0.717, 1.165) is 53.5 Å². The molecule has 1 atom stereocenters. The summed E-state index contributed by atoms with van der Waals surface area (Å²) in [5, 5.41) is 4.37. The van der Waals surface area contributed by atoms with Crippen LogP contribution in [0, 0.1) is 5.82 Å². The molecule has 5 heterocycles.